The van der Waals surface area contributed by atoms with Crippen molar-refractivity contribution < 1.29 is 55.1 Å². The highest BCUT2D eigenvalue weighted by molar-refractivity contribution is 5.95. The van der Waals surface area contributed by atoms with E-state index in [4.69, 9.17) is 9.47 Å². The average Bonchev–Trinajstić information content (AvgIpc) is 3.24. The van der Waals surface area contributed by atoms with E-state index in [1.165, 1.54) is 0 Å². The van der Waals surface area contributed by atoms with Crippen LogP contribution in [-0.4, -0.2) is 113 Å². The van der Waals surface area contributed by atoms with Gasteiger partial charge in [-0.2, -0.15) is 0 Å². The van der Waals surface area contributed by atoms with Gasteiger partial charge >= 0.3 is 0 Å². The van der Waals surface area contributed by atoms with Crippen LogP contribution in [0.15, 0.2) is 11.6 Å². The number of aliphatic hydroxyl groups excluding tert-OH is 7. The molecule has 0 bridgehead atoms. The van der Waals surface area contributed by atoms with Crippen molar-refractivity contribution in [2.45, 2.75) is 146 Å². The third-order valence-corrected chi connectivity index (χ3v) is 12.8. The summed E-state index contributed by atoms with van der Waals surface area (Å²) in [4.78, 5) is 13.4. The van der Waals surface area contributed by atoms with E-state index in [1.807, 2.05) is 13.8 Å². The molecule has 0 aromatic heterocycles. The van der Waals surface area contributed by atoms with E-state index >= 15 is 0 Å². The van der Waals surface area contributed by atoms with Crippen molar-refractivity contribution in [2.24, 2.45) is 34.5 Å². The summed E-state index contributed by atoms with van der Waals surface area (Å²) in [5.74, 6) is -0.721. The summed E-state index contributed by atoms with van der Waals surface area (Å²) in [5.41, 5.74) is -2.42. The van der Waals surface area contributed by atoms with Gasteiger partial charge in [-0.25, -0.2) is 0 Å². The summed E-state index contributed by atoms with van der Waals surface area (Å²) in [7, 11) is 0. The molecule has 44 heavy (non-hydrogen) atoms. The highest BCUT2D eigenvalue weighted by atomic mass is 16.7. The van der Waals surface area contributed by atoms with Crippen molar-refractivity contribution in [3.63, 3.8) is 0 Å². The van der Waals surface area contributed by atoms with Crippen molar-refractivity contribution in [1.82, 2.24) is 0 Å². The normalized spacial score (nSPS) is 49.0. The fourth-order valence-electron chi connectivity index (χ4n) is 9.82. The van der Waals surface area contributed by atoms with Crippen molar-refractivity contribution in [1.29, 1.82) is 0 Å². The Balaban J connectivity index is 1.27. The molecule has 11 nitrogen and oxygen atoms in total. The van der Waals surface area contributed by atoms with E-state index in [1.54, 1.807) is 19.9 Å². The number of hydrogen-bond donors (Lipinski definition) is 8. The molecule has 0 aromatic carbocycles. The van der Waals surface area contributed by atoms with Gasteiger partial charge in [-0.05, 0) is 100 Å². The lowest BCUT2D eigenvalue weighted by Crippen LogP contribution is -2.61. The summed E-state index contributed by atoms with van der Waals surface area (Å²) in [6, 6.07) is 0. The third kappa shape index (κ3) is 5.42. The summed E-state index contributed by atoms with van der Waals surface area (Å²) < 4.78 is 11.5. The van der Waals surface area contributed by atoms with E-state index in [0.29, 0.717) is 38.5 Å². The molecular weight excluding hydrogens is 572 g/mol. The van der Waals surface area contributed by atoms with Crippen LogP contribution in [0.4, 0.5) is 0 Å². The number of hydrogen-bond acceptors (Lipinski definition) is 11. The van der Waals surface area contributed by atoms with Crippen molar-refractivity contribution in [3.8, 4) is 0 Å². The first-order valence-electron chi connectivity index (χ1n) is 16.4. The fraction of sp³-hybridized carbons (Fsp3) is 0.909. The average molecular weight is 627 g/mol. The maximum atomic E-state index is 13.4. The topological polar surface area (TPSA) is 197 Å². The SMILES string of the molecule is C[C@H]([C@H](O)CCC(C)(C)O[C@@H]1O[C@H](CO)[C@@H](O)[C@H](O)[C@H]1O)[C@H]1CC[C@@]2(O)C3=CC(=O)C4C[C@@H](O)[C@@H](O)C[C@]4(C)C3CC[C@]12C. The molecule has 11 heteroatoms. The molecule has 15 atom stereocenters. The first kappa shape index (κ1) is 34.3. The Morgan fingerprint density at radius 2 is 1.70 bits per heavy atom. The number of aliphatic hydroxyl groups is 8. The van der Waals surface area contributed by atoms with Crippen LogP contribution in [0.3, 0.4) is 0 Å². The van der Waals surface area contributed by atoms with Gasteiger partial charge in [-0.15, -0.1) is 0 Å². The zero-order chi connectivity index (χ0) is 32.6. The molecule has 1 saturated heterocycles. The Bertz CT molecular complexity index is 1110. The van der Waals surface area contributed by atoms with Gasteiger partial charge in [0.05, 0.1) is 36.1 Å². The smallest absolute Gasteiger partial charge is 0.187 e. The highest BCUT2D eigenvalue weighted by Crippen LogP contribution is 2.68. The maximum Gasteiger partial charge on any atom is 0.187 e. The van der Waals surface area contributed by atoms with E-state index < -0.39 is 77.7 Å². The molecule has 0 aromatic rings. The fourth-order valence-corrected chi connectivity index (χ4v) is 9.82. The zero-order valence-corrected chi connectivity index (χ0v) is 26.7. The van der Waals surface area contributed by atoms with Crippen LogP contribution in [0.5, 0.6) is 0 Å². The predicted molar refractivity (Wildman–Crippen MR) is 158 cm³/mol. The van der Waals surface area contributed by atoms with E-state index in [0.717, 1.165) is 12.0 Å². The van der Waals surface area contributed by atoms with Crippen molar-refractivity contribution in [3.05, 3.63) is 11.6 Å². The van der Waals surface area contributed by atoms with Crippen LogP contribution >= 0.6 is 0 Å². The number of ketones is 1. The molecule has 5 rings (SSSR count). The van der Waals surface area contributed by atoms with Crippen LogP contribution in [0.1, 0.15) is 86.0 Å². The zero-order valence-electron chi connectivity index (χ0n) is 26.7. The maximum absolute atomic E-state index is 13.4. The number of rotatable bonds is 8. The largest absolute Gasteiger partial charge is 0.394 e. The van der Waals surface area contributed by atoms with Gasteiger partial charge in [-0.3, -0.25) is 4.79 Å². The van der Waals surface area contributed by atoms with Crippen molar-refractivity contribution >= 4 is 5.78 Å². The Labute approximate surface area is 259 Å². The first-order chi connectivity index (χ1) is 20.4. The van der Waals surface area contributed by atoms with Crippen LogP contribution in [0.2, 0.25) is 0 Å². The van der Waals surface area contributed by atoms with Crippen LogP contribution < -0.4 is 0 Å². The van der Waals surface area contributed by atoms with Gasteiger partial charge < -0.3 is 50.3 Å². The number of carbonyl (C=O) groups excluding carboxylic acids is 1. The van der Waals surface area contributed by atoms with Gasteiger partial charge in [0.2, 0.25) is 0 Å². The van der Waals surface area contributed by atoms with E-state index in [-0.39, 0.29) is 35.9 Å². The number of fused-ring (bicyclic) bond motifs is 5. The number of allylic oxidation sites excluding steroid dienone is 1. The summed E-state index contributed by atoms with van der Waals surface area (Å²) >= 11 is 0. The Morgan fingerprint density at radius 1 is 1.02 bits per heavy atom. The van der Waals surface area contributed by atoms with Gasteiger partial charge in [0, 0.05) is 11.3 Å². The standard InChI is InChI=1S/C33H54O11/c1-16(21(35)8-9-30(2,3)44-29-28(41)27(40)26(39)25(15-34)43-29)17-7-11-33(42)19-12-22(36)20-13-23(37)24(38)14-31(20,4)18(19)6-10-32(17,33)5/h12,16-18,20-21,23-29,34-35,37-42H,6-11,13-15H2,1-5H3/t16-,17+,18?,20?,21+,23+,24-,25+,26+,27-,28+,29-,31+,32+,33+/m0/s1. The molecule has 4 fully saturated rings. The molecule has 8 N–H and O–H groups in total. The lowest BCUT2D eigenvalue weighted by atomic mass is 9.46. The van der Waals surface area contributed by atoms with Gasteiger partial charge in [0.25, 0.3) is 0 Å². The van der Waals surface area contributed by atoms with Crippen LogP contribution in [0, 0.1) is 34.5 Å². The quantitative estimate of drug-likeness (QED) is 0.187. The molecule has 0 amide bonds. The molecule has 0 spiro atoms. The highest BCUT2D eigenvalue weighted by Gasteiger charge is 2.67. The molecule has 3 saturated carbocycles. The minimum atomic E-state index is -1.54. The minimum Gasteiger partial charge on any atom is -0.394 e. The van der Waals surface area contributed by atoms with E-state index in [2.05, 4.69) is 6.92 Å². The first-order valence-corrected chi connectivity index (χ1v) is 16.4. The Morgan fingerprint density at radius 3 is 2.36 bits per heavy atom. The summed E-state index contributed by atoms with van der Waals surface area (Å²) in [6.45, 7) is 9.12. The van der Waals surface area contributed by atoms with E-state index in [9.17, 15) is 45.6 Å². The van der Waals surface area contributed by atoms with Gasteiger partial charge in [0.15, 0.2) is 12.1 Å². The number of carbonyl (C=O) groups is 1. The van der Waals surface area contributed by atoms with Crippen LogP contribution in [0.25, 0.3) is 0 Å². The lowest BCUT2D eigenvalue weighted by molar-refractivity contribution is -0.324. The molecule has 0 radical (unpaired) electrons. The summed E-state index contributed by atoms with van der Waals surface area (Å²) in [6.07, 6.45) is -3.83. The van der Waals surface area contributed by atoms with Gasteiger partial charge in [-0.1, -0.05) is 20.8 Å². The summed E-state index contributed by atoms with van der Waals surface area (Å²) in [5, 5.41) is 84.8. The Kier molecular flexibility index (Phi) is 9.30. The molecule has 1 heterocycles. The Hall–Kier alpha value is -0.990. The van der Waals surface area contributed by atoms with Crippen LogP contribution in [-0.2, 0) is 14.3 Å². The molecule has 252 valence electrons. The number of ether oxygens (including phenoxy) is 2. The molecule has 2 unspecified atom stereocenters. The monoisotopic (exact) mass is 626 g/mol. The van der Waals surface area contributed by atoms with Crippen molar-refractivity contribution in [2.75, 3.05) is 6.61 Å². The van der Waals surface area contributed by atoms with Gasteiger partial charge in [0.1, 0.15) is 24.4 Å². The lowest BCUT2D eigenvalue weighted by Gasteiger charge is -2.60. The minimum absolute atomic E-state index is 0.0155. The molecule has 4 aliphatic carbocycles. The third-order valence-electron chi connectivity index (χ3n) is 12.8. The predicted octanol–water partition coefficient (Wildman–Crippen LogP) is 0.563. The molecule has 1 aliphatic heterocycles. The second-order valence-corrected chi connectivity index (χ2v) is 15.7. The second kappa shape index (κ2) is 11.9. The molecule has 5 aliphatic rings. The second-order valence-electron chi connectivity index (χ2n) is 15.7. The molecular formula is C33H54O11.